The lowest BCUT2D eigenvalue weighted by Crippen LogP contribution is -2.43. The fraction of sp³-hybridized carbons (Fsp3) is 0.545. The van der Waals surface area contributed by atoms with Crippen LogP contribution in [0, 0.1) is 0 Å². The Kier molecular flexibility index (Phi) is 4.03. The third-order valence-corrected chi connectivity index (χ3v) is 3.30. The van der Waals surface area contributed by atoms with Crippen LogP contribution in [0.4, 0.5) is 0 Å². The van der Waals surface area contributed by atoms with Gasteiger partial charge in [0.25, 0.3) is 0 Å². The number of pyridine rings is 1. The topological polar surface area (TPSA) is 25.4 Å². The molecule has 0 radical (unpaired) electrons. The summed E-state index contributed by atoms with van der Waals surface area (Å²) in [5, 5.41) is 1.16. The van der Waals surface area contributed by atoms with E-state index in [9.17, 15) is 0 Å². The monoisotopic (exact) mass is 260 g/mol. The molecule has 1 fully saturated rings. The number of nitrogens with zero attached hydrogens (tertiary/aromatic N) is 2. The first kappa shape index (κ1) is 12.1. The minimum absolute atomic E-state index is 0.394. The highest BCUT2D eigenvalue weighted by Gasteiger charge is 2.20. The van der Waals surface area contributed by atoms with Gasteiger partial charge in [-0.05, 0) is 19.1 Å². The van der Waals surface area contributed by atoms with E-state index >= 15 is 0 Å². The van der Waals surface area contributed by atoms with Crippen LogP contribution in [-0.2, 0) is 11.3 Å². The molecule has 1 unspecified atom stereocenters. The van der Waals surface area contributed by atoms with Crippen LogP contribution in [0.15, 0.2) is 12.1 Å². The van der Waals surface area contributed by atoms with E-state index in [0.717, 1.165) is 32.0 Å². The van der Waals surface area contributed by atoms with E-state index in [-0.39, 0.29) is 0 Å². The summed E-state index contributed by atoms with van der Waals surface area (Å²) in [5.74, 6) is 0. The second-order valence-electron chi connectivity index (χ2n) is 3.96. The number of rotatable bonds is 2. The molecule has 0 aliphatic carbocycles. The average molecular weight is 261 g/mol. The van der Waals surface area contributed by atoms with Crippen LogP contribution >= 0.6 is 23.2 Å². The van der Waals surface area contributed by atoms with E-state index in [2.05, 4.69) is 16.8 Å². The van der Waals surface area contributed by atoms with Gasteiger partial charge in [-0.3, -0.25) is 4.90 Å². The van der Waals surface area contributed by atoms with Crippen LogP contribution in [0.2, 0.25) is 10.2 Å². The minimum Gasteiger partial charge on any atom is -0.379 e. The van der Waals surface area contributed by atoms with E-state index in [0.29, 0.717) is 16.2 Å². The standard InChI is InChI=1S/C11H14Cl2N2O/c1-8-7-16-5-4-15(8)6-10-9(12)2-3-11(13)14-10/h2-3,8H,4-7H2,1H3. The van der Waals surface area contributed by atoms with Gasteiger partial charge in [0.2, 0.25) is 0 Å². The molecule has 1 aromatic rings. The molecule has 2 heterocycles. The highest BCUT2D eigenvalue weighted by atomic mass is 35.5. The van der Waals surface area contributed by atoms with Crippen LogP contribution < -0.4 is 0 Å². The first-order chi connectivity index (χ1) is 7.66. The Labute approximate surface area is 105 Å². The van der Waals surface area contributed by atoms with E-state index in [1.807, 2.05) is 0 Å². The summed E-state index contributed by atoms with van der Waals surface area (Å²) in [6, 6.07) is 3.89. The maximum atomic E-state index is 6.08. The fourth-order valence-corrected chi connectivity index (χ4v) is 2.09. The molecule has 0 amide bonds. The van der Waals surface area contributed by atoms with Crippen molar-refractivity contribution in [3.05, 3.63) is 28.0 Å². The van der Waals surface area contributed by atoms with Gasteiger partial charge in [0.05, 0.1) is 23.9 Å². The molecule has 0 aromatic carbocycles. The Balaban J connectivity index is 2.10. The number of morpholine rings is 1. The molecule has 1 atom stereocenters. The molecule has 0 saturated carbocycles. The van der Waals surface area contributed by atoms with Gasteiger partial charge in [-0.25, -0.2) is 4.98 Å². The number of hydrogen-bond donors (Lipinski definition) is 0. The Morgan fingerprint density at radius 3 is 3.06 bits per heavy atom. The average Bonchev–Trinajstić information content (AvgIpc) is 2.27. The first-order valence-electron chi connectivity index (χ1n) is 5.29. The zero-order valence-electron chi connectivity index (χ0n) is 9.12. The molecule has 0 N–H and O–H groups in total. The van der Waals surface area contributed by atoms with Gasteiger partial charge in [-0.15, -0.1) is 0 Å². The second kappa shape index (κ2) is 5.32. The molecule has 16 heavy (non-hydrogen) atoms. The highest BCUT2D eigenvalue weighted by Crippen LogP contribution is 2.20. The molecular formula is C11H14Cl2N2O. The Morgan fingerprint density at radius 2 is 2.31 bits per heavy atom. The quantitative estimate of drug-likeness (QED) is 0.765. The molecule has 3 nitrogen and oxygen atoms in total. The predicted molar refractivity (Wildman–Crippen MR) is 64.9 cm³/mol. The van der Waals surface area contributed by atoms with Crippen molar-refractivity contribution in [2.45, 2.75) is 19.5 Å². The molecule has 0 bridgehead atoms. The Hall–Kier alpha value is -0.350. The predicted octanol–water partition coefficient (Wildman–Crippen LogP) is 2.61. The Morgan fingerprint density at radius 1 is 1.50 bits per heavy atom. The van der Waals surface area contributed by atoms with Crippen LogP contribution in [0.3, 0.4) is 0 Å². The number of aromatic nitrogens is 1. The van der Waals surface area contributed by atoms with E-state index in [1.54, 1.807) is 12.1 Å². The number of halogens is 2. The van der Waals surface area contributed by atoms with Gasteiger partial charge < -0.3 is 4.74 Å². The molecule has 5 heteroatoms. The lowest BCUT2D eigenvalue weighted by atomic mass is 10.2. The summed E-state index contributed by atoms with van der Waals surface area (Å²) in [7, 11) is 0. The van der Waals surface area contributed by atoms with Gasteiger partial charge >= 0.3 is 0 Å². The zero-order valence-corrected chi connectivity index (χ0v) is 10.6. The van der Waals surface area contributed by atoms with Crippen molar-refractivity contribution in [1.29, 1.82) is 0 Å². The smallest absolute Gasteiger partial charge is 0.129 e. The normalized spacial score (nSPS) is 22.3. The van der Waals surface area contributed by atoms with Crippen LogP contribution in [-0.4, -0.2) is 35.7 Å². The highest BCUT2D eigenvalue weighted by molar-refractivity contribution is 6.32. The Bertz CT molecular complexity index is 373. The van der Waals surface area contributed by atoms with Crippen molar-refractivity contribution in [1.82, 2.24) is 9.88 Å². The summed E-state index contributed by atoms with van der Waals surface area (Å²) in [6.45, 7) is 5.30. The van der Waals surface area contributed by atoms with E-state index < -0.39 is 0 Å². The van der Waals surface area contributed by atoms with Crippen molar-refractivity contribution < 1.29 is 4.74 Å². The maximum Gasteiger partial charge on any atom is 0.129 e. The van der Waals surface area contributed by atoms with Crippen molar-refractivity contribution >= 4 is 23.2 Å². The molecule has 1 aliphatic rings. The summed E-state index contributed by atoms with van der Waals surface area (Å²) in [6.07, 6.45) is 0. The van der Waals surface area contributed by atoms with Crippen LogP contribution in [0.5, 0.6) is 0 Å². The van der Waals surface area contributed by atoms with Crippen LogP contribution in [0.25, 0.3) is 0 Å². The fourth-order valence-electron chi connectivity index (χ4n) is 1.76. The molecule has 1 aliphatic heterocycles. The van der Waals surface area contributed by atoms with Gasteiger partial charge in [-0.2, -0.15) is 0 Å². The van der Waals surface area contributed by atoms with Gasteiger partial charge in [0.1, 0.15) is 5.15 Å². The van der Waals surface area contributed by atoms with Gasteiger partial charge in [-0.1, -0.05) is 23.2 Å². The largest absolute Gasteiger partial charge is 0.379 e. The minimum atomic E-state index is 0.394. The lowest BCUT2D eigenvalue weighted by molar-refractivity contribution is -0.00489. The SMILES string of the molecule is CC1COCCN1Cc1nc(Cl)ccc1Cl. The van der Waals surface area contributed by atoms with E-state index in [1.165, 1.54) is 0 Å². The molecular weight excluding hydrogens is 247 g/mol. The zero-order chi connectivity index (χ0) is 11.5. The summed E-state index contributed by atoms with van der Waals surface area (Å²) < 4.78 is 5.38. The summed E-state index contributed by atoms with van der Waals surface area (Å²) >= 11 is 11.9. The van der Waals surface area contributed by atoms with Gasteiger partial charge in [0, 0.05) is 19.1 Å². The third kappa shape index (κ3) is 2.86. The second-order valence-corrected chi connectivity index (χ2v) is 4.75. The molecule has 1 saturated heterocycles. The molecule has 1 aromatic heterocycles. The molecule has 88 valence electrons. The van der Waals surface area contributed by atoms with E-state index in [4.69, 9.17) is 27.9 Å². The summed E-state index contributed by atoms with van der Waals surface area (Å²) in [5.41, 5.74) is 0.836. The lowest BCUT2D eigenvalue weighted by Gasteiger charge is -2.33. The number of hydrogen-bond acceptors (Lipinski definition) is 3. The maximum absolute atomic E-state index is 6.08. The third-order valence-electron chi connectivity index (χ3n) is 2.74. The van der Waals surface area contributed by atoms with Gasteiger partial charge in [0.15, 0.2) is 0 Å². The molecule has 0 spiro atoms. The number of ether oxygens (including phenoxy) is 1. The van der Waals surface area contributed by atoms with Crippen LogP contribution in [0.1, 0.15) is 12.6 Å². The first-order valence-corrected chi connectivity index (χ1v) is 6.05. The van der Waals surface area contributed by atoms with Crippen molar-refractivity contribution in [2.24, 2.45) is 0 Å². The molecule has 2 rings (SSSR count). The van der Waals surface area contributed by atoms with Crippen molar-refractivity contribution in [3.63, 3.8) is 0 Å². The van der Waals surface area contributed by atoms with Crippen molar-refractivity contribution in [3.8, 4) is 0 Å². The summed E-state index contributed by atoms with van der Waals surface area (Å²) in [4.78, 5) is 6.55. The van der Waals surface area contributed by atoms with Crippen molar-refractivity contribution in [2.75, 3.05) is 19.8 Å².